The Morgan fingerprint density at radius 3 is 2.52 bits per heavy atom. The maximum Gasteiger partial charge on any atom is 0.255 e. The van der Waals surface area contributed by atoms with E-state index in [0.717, 1.165) is 17.7 Å². The van der Waals surface area contributed by atoms with Gasteiger partial charge in [-0.25, -0.2) is 0 Å². The highest BCUT2D eigenvalue weighted by molar-refractivity contribution is 6.03. The van der Waals surface area contributed by atoms with Crippen LogP contribution < -0.4 is 5.32 Å². The zero-order chi connectivity index (χ0) is 16.4. The van der Waals surface area contributed by atoms with E-state index in [1.165, 1.54) is 5.56 Å². The van der Waals surface area contributed by atoms with Gasteiger partial charge in [-0.2, -0.15) is 0 Å². The van der Waals surface area contributed by atoms with Gasteiger partial charge in [-0.3, -0.25) is 9.59 Å². The number of rotatable bonds is 4. The molecule has 118 valence electrons. The second-order valence-corrected chi connectivity index (χ2v) is 5.81. The van der Waals surface area contributed by atoms with Crippen molar-refractivity contribution in [3.63, 3.8) is 0 Å². The van der Waals surface area contributed by atoms with E-state index in [2.05, 4.69) is 12.2 Å². The predicted octanol–water partition coefficient (Wildman–Crippen LogP) is 3.23. The number of fused-ring (bicyclic) bond motifs is 1. The molecule has 0 saturated heterocycles. The van der Waals surface area contributed by atoms with Crippen LogP contribution in [0.3, 0.4) is 0 Å². The first-order valence-electron chi connectivity index (χ1n) is 7.89. The molecule has 0 aliphatic carbocycles. The number of benzene rings is 2. The highest BCUT2D eigenvalue weighted by Gasteiger charge is 2.33. The van der Waals surface area contributed by atoms with Gasteiger partial charge >= 0.3 is 0 Å². The van der Waals surface area contributed by atoms with Gasteiger partial charge in [0.2, 0.25) is 5.91 Å². The van der Waals surface area contributed by atoms with Crippen LogP contribution in [0.4, 0.5) is 5.69 Å². The number of nitrogens with one attached hydrogen (secondary N) is 1. The minimum absolute atomic E-state index is 0.0791. The molecule has 2 aromatic rings. The van der Waals surface area contributed by atoms with E-state index >= 15 is 0 Å². The van der Waals surface area contributed by atoms with E-state index in [1.807, 2.05) is 48.5 Å². The van der Waals surface area contributed by atoms with Gasteiger partial charge in [-0.1, -0.05) is 37.3 Å². The molecule has 2 amide bonds. The smallest absolute Gasteiger partial charge is 0.255 e. The predicted molar refractivity (Wildman–Crippen MR) is 90.2 cm³/mol. The lowest BCUT2D eigenvalue weighted by Gasteiger charge is -2.23. The lowest BCUT2D eigenvalue weighted by atomic mass is 10.1. The fourth-order valence-corrected chi connectivity index (χ4v) is 2.80. The van der Waals surface area contributed by atoms with Gasteiger partial charge in [0.15, 0.2) is 0 Å². The second kappa shape index (κ2) is 6.24. The topological polar surface area (TPSA) is 49.4 Å². The summed E-state index contributed by atoms with van der Waals surface area (Å²) in [6.07, 6.45) is 0.963. The molecule has 1 N–H and O–H groups in total. The Bertz CT molecular complexity index is 737. The summed E-state index contributed by atoms with van der Waals surface area (Å²) in [6, 6.07) is 14.8. The van der Waals surface area contributed by atoms with Gasteiger partial charge in [0.1, 0.15) is 6.04 Å². The third-order valence-electron chi connectivity index (χ3n) is 4.33. The molecule has 1 aliphatic heterocycles. The summed E-state index contributed by atoms with van der Waals surface area (Å²) in [5.41, 5.74) is 3.65. The Labute approximate surface area is 136 Å². The molecule has 0 spiro atoms. The first kappa shape index (κ1) is 15.3. The molecule has 0 radical (unpaired) electrons. The number of carbonyl (C=O) groups is 2. The maximum atomic E-state index is 12.4. The zero-order valence-electron chi connectivity index (χ0n) is 13.4. The van der Waals surface area contributed by atoms with Crippen molar-refractivity contribution >= 4 is 17.5 Å². The standard InChI is InChI=1S/C19H20N2O2/c1-3-14-8-10-16(11-9-14)20-18(22)13(2)21-12-15-6-4-5-7-17(15)19(21)23/h4-11,13H,3,12H2,1-2H3,(H,20,22)/t13-/m0/s1. The molecule has 2 aromatic carbocycles. The fraction of sp³-hybridized carbons (Fsp3) is 0.263. The summed E-state index contributed by atoms with van der Waals surface area (Å²) in [4.78, 5) is 26.5. The Kier molecular flexibility index (Phi) is 4.15. The van der Waals surface area contributed by atoms with Crippen LogP contribution in [0.2, 0.25) is 0 Å². The molecule has 0 fully saturated rings. The molecule has 1 heterocycles. The Balaban J connectivity index is 1.69. The van der Waals surface area contributed by atoms with E-state index in [-0.39, 0.29) is 11.8 Å². The summed E-state index contributed by atoms with van der Waals surface area (Å²) in [7, 11) is 0. The number of anilines is 1. The van der Waals surface area contributed by atoms with Crippen molar-refractivity contribution in [1.29, 1.82) is 0 Å². The van der Waals surface area contributed by atoms with E-state index in [9.17, 15) is 9.59 Å². The van der Waals surface area contributed by atoms with Gasteiger partial charge in [-0.05, 0) is 42.7 Å². The monoisotopic (exact) mass is 308 g/mol. The van der Waals surface area contributed by atoms with Crippen LogP contribution in [0.25, 0.3) is 0 Å². The summed E-state index contributed by atoms with van der Waals surface area (Å²) in [6.45, 7) is 4.34. The van der Waals surface area contributed by atoms with Crippen molar-refractivity contribution in [2.45, 2.75) is 32.9 Å². The fourth-order valence-electron chi connectivity index (χ4n) is 2.80. The molecule has 0 aromatic heterocycles. The molecular weight excluding hydrogens is 288 g/mol. The van der Waals surface area contributed by atoms with Gasteiger partial charge in [0.05, 0.1) is 0 Å². The summed E-state index contributed by atoms with van der Waals surface area (Å²) in [5.74, 6) is -0.250. The van der Waals surface area contributed by atoms with Gasteiger partial charge < -0.3 is 10.2 Å². The van der Waals surface area contributed by atoms with Gasteiger partial charge in [0.25, 0.3) is 5.91 Å². The largest absolute Gasteiger partial charge is 0.324 e. The first-order chi connectivity index (χ1) is 11.1. The van der Waals surface area contributed by atoms with Crippen LogP contribution in [0.1, 0.15) is 35.3 Å². The number of nitrogens with zero attached hydrogens (tertiary/aromatic N) is 1. The normalized spacial score (nSPS) is 14.5. The minimum Gasteiger partial charge on any atom is -0.324 e. The maximum absolute atomic E-state index is 12.4. The van der Waals surface area contributed by atoms with Crippen molar-refractivity contribution in [2.24, 2.45) is 0 Å². The summed E-state index contributed by atoms with van der Waals surface area (Å²) in [5, 5.41) is 2.88. The van der Waals surface area contributed by atoms with Crippen molar-refractivity contribution in [1.82, 2.24) is 4.90 Å². The van der Waals surface area contributed by atoms with E-state index < -0.39 is 6.04 Å². The first-order valence-corrected chi connectivity index (χ1v) is 7.89. The van der Waals surface area contributed by atoms with Crippen LogP contribution in [-0.2, 0) is 17.8 Å². The van der Waals surface area contributed by atoms with Crippen LogP contribution >= 0.6 is 0 Å². The van der Waals surface area contributed by atoms with Crippen molar-refractivity contribution < 1.29 is 9.59 Å². The number of hydrogen-bond acceptors (Lipinski definition) is 2. The van der Waals surface area contributed by atoms with Crippen LogP contribution in [-0.4, -0.2) is 22.8 Å². The third kappa shape index (κ3) is 2.97. The summed E-state index contributed by atoms with van der Waals surface area (Å²) < 4.78 is 0. The molecule has 0 bridgehead atoms. The second-order valence-electron chi connectivity index (χ2n) is 5.81. The highest BCUT2D eigenvalue weighted by Crippen LogP contribution is 2.24. The Morgan fingerprint density at radius 1 is 1.17 bits per heavy atom. The van der Waals surface area contributed by atoms with Crippen LogP contribution in [0.5, 0.6) is 0 Å². The number of aryl methyl sites for hydroxylation is 1. The van der Waals surface area contributed by atoms with E-state index in [4.69, 9.17) is 0 Å². The van der Waals surface area contributed by atoms with Crippen LogP contribution in [0.15, 0.2) is 48.5 Å². The quantitative estimate of drug-likeness (QED) is 0.942. The molecular formula is C19H20N2O2. The molecule has 0 saturated carbocycles. The highest BCUT2D eigenvalue weighted by atomic mass is 16.2. The van der Waals surface area contributed by atoms with Gasteiger partial charge in [-0.15, -0.1) is 0 Å². The van der Waals surface area contributed by atoms with E-state index in [0.29, 0.717) is 12.1 Å². The third-order valence-corrected chi connectivity index (χ3v) is 4.33. The Morgan fingerprint density at radius 2 is 1.87 bits per heavy atom. The number of amides is 2. The minimum atomic E-state index is -0.513. The van der Waals surface area contributed by atoms with Crippen molar-refractivity contribution in [3.05, 3.63) is 65.2 Å². The number of hydrogen-bond donors (Lipinski definition) is 1. The molecule has 23 heavy (non-hydrogen) atoms. The molecule has 0 unspecified atom stereocenters. The molecule has 1 aliphatic rings. The van der Waals surface area contributed by atoms with Crippen molar-refractivity contribution in [3.8, 4) is 0 Å². The average Bonchev–Trinajstić information content (AvgIpc) is 2.92. The summed E-state index contributed by atoms with van der Waals surface area (Å²) >= 11 is 0. The van der Waals surface area contributed by atoms with Crippen LogP contribution in [0, 0.1) is 0 Å². The van der Waals surface area contributed by atoms with E-state index in [1.54, 1.807) is 11.8 Å². The lowest BCUT2D eigenvalue weighted by molar-refractivity contribution is -0.120. The zero-order valence-corrected chi connectivity index (χ0v) is 13.4. The van der Waals surface area contributed by atoms with Crippen molar-refractivity contribution in [2.75, 3.05) is 5.32 Å². The molecule has 3 rings (SSSR count). The lowest BCUT2D eigenvalue weighted by Crippen LogP contribution is -2.42. The molecule has 1 atom stereocenters. The number of carbonyl (C=O) groups excluding carboxylic acids is 2. The van der Waals surface area contributed by atoms with Gasteiger partial charge in [0, 0.05) is 17.8 Å². The molecule has 4 heteroatoms. The SMILES string of the molecule is CCc1ccc(NC(=O)[C@H](C)N2Cc3ccccc3C2=O)cc1. The molecule has 4 nitrogen and oxygen atoms in total. The average molecular weight is 308 g/mol. The Hall–Kier alpha value is -2.62.